The lowest BCUT2D eigenvalue weighted by Gasteiger charge is -2.11. The van der Waals surface area contributed by atoms with Crippen LogP contribution in [-0.4, -0.2) is 18.5 Å². The number of anilines is 1. The normalized spacial score (nSPS) is 11.5. The van der Waals surface area contributed by atoms with Crippen LogP contribution >= 0.6 is 0 Å². The molecular formula is C23H23N6O2+. The number of hydrazine groups is 1. The first-order chi connectivity index (χ1) is 15.1. The summed E-state index contributed by atoms with van der Waals surface area (Å²) in [4.78, 5) is 15.4. The number of hydrogen-bond acceptors (Lipinski definition) is 5. The highest BCUT2D eigenvalue weighted by Gasteiger charge is 2.18. The van der Waals surface area contributed by atoms with E-state index in [1.165, 1.54) is 0 Å². The second kappa shape index (κ2) is 8.68. The fourth-order valence-electron chi connectivity index (χ4n) is 3.59. The minimum atomic E-state index is -0.503. The number of amides is 1. The molecule has 8 heteroatoms. The van der Waals surface area contributed by atoms with Gasteiger partial charge in [-0.25, -0.2) is 21.2 Å². The van der Waals surface area contributed by atoms with Gasteiger partial charge < -0.3 is 10.5 Å². The van der Waals surface area contributed by atoms with Crippen molar-refractivity contribution < 1.29 is 14.5 Å². The highest BCUT2D eigenvalue weighted by molar-refractivity contribution is 6.06. The van der Waals surface area contributed by atoms with Gasteiger partial charge >= 0.3 is 6.09 Å². The predicted molar refractivity (Wildman–Crippen MR) is 122 cm³/mol. The smallest absolute Gasteiger partial charge is 0.411 e. The Morgan fingerprint density at radius 1 is 1.03 bits per heavy atom. The van der Waals surface area contributed by atoms with E-state index in [1.54, 1.807) is 13.0 Å². The third kappa shape index (κ3) is 4.10. The summed E-state index contributed by atoms with van der Waals surface area (Å²) >= 11 is 0. The van der Waals surface area contributed by atoms with Crippen LogP contribution in [0.2, 0.25) is 0 Å². The molecule has 1 aromatic heterocycles. The van der Waals surface area contributed by atoms with E-state index < -0.39 is 6.09 Å². The van der Waals surface area contributed by atoms with Gasteiger partial charge in [-0.1, -0.05) is 42.5 Å². The van der Waals surface area contributed by atoms with Crippen LogP contribution in [0.1, 0.15) is 12.6 Å². The maximum Gasteiger partial charge on any atom is 0.411 e. The van der Waals surface area contributed by atoms with Crippen LogP contribution in [-0.2, 0) is 4.74 Å². The van der Waals surface area contributed by atoms with E-state index in [0.29, 0.717) is 18.0 Å². The third-order valence-corrected chi connectivity index (χ3v) is 4.92. The number of nitrogens with one attached hydrogen (secondary N) is 3. The maximum atomic E-state index is 12.0. The van der Waals surface area contributed by atoms with Gasteiger partial charge in [0.1, 0.15) is 0 Å². The number of fused-ring (bicyclic) bond motifs is 2. The number of hydrogen-bond donors (Lipinski definition) is 4. The molecule has 0 radical (unpaired) electrons. The number of carbonyl (C=O) groups excluding carboxylic acids is 1. The van der Waals surface area contributed by atoms with E-state index in [2.05, 4.69) is 39.1 Å². The van der Waals surface area contributed by atoms with Gasteiger partial charge in [0, 0.05) is 17.1 Å². The summed E-state index contributed by atoms with van der Waals surface area (Å²) in [6, 6.07) is 21.8. The fourth-order valence-corrected chi connectivity index (χ4v) is 3.59. The molecule has 0 bridgehead atoms. The van der Waals surface area contributed by atoms with Crippen LogP contribution in [0.5, 0.6) is 0 Å². The Hall–Kier alpha value is -4.17. The average molecular weight is 415 g/mol. The monoisotopic (exact) mass is 415 g/mol. The molecule has 0 spiro atoms. The number of amidine groups is 1. The van der Waals surface area contributed by atoms with E-state index in [1.807, 2.05) is 42.5 Å². The molecular weight excluding hydrogens is 392 g/mol. The van der Waals surface area contributed by atoms with E-state index in [-0.39, 0.29) is 5.84 Å². The minimum absolute atomic E-state index is 0.224. The first-order valence-corrected chi connectivity index (χ1v) is 9.82. The van der Waals surface area contributed by atoms with Gasteiger partial charge in [-0.15, -0.1) is 5.10 Å². The molecule has 0 unspecified atom stereocenters. The lowest BCUT2D eigenvalue weighted by molar-refractivity contribution is -0.346. The molecule has 156 valence electrons. The number of ether oxygens (including phenoxy) is 1. The molecule has 0 aliphatic heterocycles. The largest absolute Gasteiger partial charge is 0.450 e. The molecule has 1 amide bonds. The highest BCUT2D eigenvalue weighted by Crippen LogP contribution is 2.34. The van der Waals surface area contributed by atoms with Crippen molar-refractivity contribution in [2.24, 2.45) is 16.7 Å². The van der Waals surface area contributed by atoms with Crippen LogP contribution in [0, 0.1) is 0 Å². The number of nitrogens with zero attached hydrogens (tertiary/aromatic N) is 1. The number of nitrogens with two attached hydrogens (primary N) is 2. The van der Waals surface area contributed by atoms with Crippen molar-refractivity contribution in [3.63, 3.8) is 0 Å². The molecule has 4 aromatic rings. The summed E-state index contributed by atoms with van der Waals surface area (Å²) < 4.78 is 5.04. The van der Waals surface area contributed by atoms with Gasteiger partial charge in [-0.3, -0.25) is 5.32 Å². The molecule has 1 heterocycles. The van der Waals surface area contributed by atoms with E-state index in [4.69, 9.17) is 16.3 Å². The van der Waals surface area contributed by atoms with E-state index >= 15 is 0 Å². The van der Waals surface area contributed by atoms with E-state index in [0.717, 1.165) is 32.8 Å². The van der Waals surface area contributed by atoms with Gasteiger partial charge in [0.2, 0.25) is 17.0 Å². The summed E-state index contributed by atoms with van der Waals surface area (Å²) in [6.07, 6.45) is -0.503. The van der Waals surface area contributed by atoms with Gasteiger partial charge in [-0.05, 0) is 41.5 Å². The van der Waals surface area contributed by atoms with Crippen LogP contribution in [0.4, 0.5) is 10.5 Å². The van der Waals surface area contributed by atoms with Crippen molar-refractivity contribution in [1.29, 1.82) is 0 Å². The highest BCUT2D eigenvalue weighted by atomic mass is 16.5. The van der Waals surface area contributed by atoms with Crippen LogP contribution < -0.4 is 27.4 Å². The molecule has 0 atom stereocenters. The lowest BCUT2D eigenvalue weighted by Crippen LogP contribution is -2.29. The zero-order valence-electron chi connectivity index (χ0n) is 17.0. The van der Waals surface area contributed by atoms with Gasteiger partial charge in [0.25, 0.3) is 0 Å². The van der Waals surface area contributed by atoms with Crippen molar-refractivity contribution in [3.05, 3.63) is 72.4 Å². The molecule has 31 heavy (non-hydrogen) atoms. The first kappa shape index (κ1) is 20.1. The van der Waals surface area contributed by atoms with Crippen molar-refractivity contribution in [2.45, 2.75) is 6.92 Å². The van der Waals surface area contributed by atoms with Crippen molar-refractivity contribution in [3.8, 4) is 11.1 Å². The Bertz CT molecular complexity index is 1300. The second-order valence-electron chi connectivity index (χ2n) is 6.86. The molecule has 8 nitrogen and oxygen atoms in total. The standard InChI is InChI=1S/C23H22N6O2/c1-2-31-23(30)26-16-12-15-10-11-20(22(24)28-29-25)27-21(15)19(13-16)18-9-5-7-14-6-3-4-8-17(14)18/h3-13,29H,2,25H2,1H3,(H2,24,28)(H,26,30)/p+1. The lowest BCUT2D eigenvalue weighted by atomic mass is 9.95. The zero-order valence-corrected chi connectivity index (χ0v) is 17.0. The predicted octanol–water partition coefficient (Wildman–Crippen LogP) is 3.13. The summed E-state index contributed by atoms with van der Waals surface area (Å²) in [7, 11) is 0. The number of benzene rings is 3. The Labute approximate surface area is 178 Å². The third-order valence-electron chi connectivity index (χ3n) is 4.92. The Morgan fingerprint density at radius 2 is 1.84 bits per heavy atom. The zero-order chi connectivity index (χ0) is 21.8. The maximum absolute atomic E-state index is 12.0. The number of aromatic nitrogens is 1. The summed E-state index contributed by atoms with van der Waals surface area (Å²) in [5, 5.41) is 9.73. The summed E-state index contributed by atoms with van der Waals surface area (Å²) in [6.45, 7) is 2.06. The quantitative estimate of drug-likeness (QED) is 0.172. The summed E-state index contributed by atoms with van der Waals surface area (Å²) in [5.74, 6) is 5.49. The van der Waals surface area contributed by atoms with Crippen LogP contribution in [0.15, 0.2) is 71.8 Å². The number of rotatable bonds is 5. The number of H-pyrrole nitrogens is 1. The SMILES string of the molecule is CCOC(=O)Nc1cc(-c2cccc3ccccc23)c2[nH+]c(/C(N)=N/NN)ccc2c1. The molecule has 0 fully saturated rings. The van der Waals surface area contributed by atoms with Gasteiger partial charge in [0.15, 0.2) is 0 Å². The number of carbonyl (C=O) groups is 1. The van der Waals surface area contributed by atoms with Crippen molar-refractivity contribution in [2.75, 3.05) is 11.9 Å². The molecule has 0 saturated carbocycles. The molecule has 0 aliphatic carbocycles. The van der Waals surface area contributed by atoms with Crippen molar-refractivity contribution in [1.82, 2.24) is 5.53 Å². The minimum Gasteiger partial charge on any atom is -0.450 e. The summed E-state index contributed by atoms with van der Waals surface area (Å²) in [5.41, 5.74) is 12.2. The molecule has 4 rings (SSSR count). The van der Waals surface area contributed by atoms with Gasteiger partial charge in [0.05, 0.1) is 12.2 Å². The second-order valence-corrected chi connectivity index (χ2v) is 6.86. The Balaban J connectivity index is 1.97. The topological polar surface area (TPSA) is 129 Å². The Kier molecular flexibility index (Phi) is 5.63. The molecule has 7 N–H and O–H groups in total. The number of pyridine rings is 1. The van der Waals surface area contributed by atoms with E-state index in [9.17, 15) is 4.79 Å². The molecule has 0 saturated heterocycles. The fraction of sp³-hybridized carbons (Fsp3) is 0.0870. The van der Waals surface area contributed by atoms with Crippen LogP contribution in [0.25, 0.3) is 32.8 Å². The number of aromatic amines is 1. The average Bonchev–Trinajstić information content (AvgIpc) is 2.78. The van der Waals surface area contributed by atoms with Gasteiger partial charge in [-0.2, -0.15) is 0 Å². The van der Waals surface area contributed by atoms with Crippen LogP contribution in [0.3, 0.4) is 0 Å². The first-order valence-electron chi connectivity index (χ1n) is 9.82. The Morgan fingerprint density at radius 3 is 2.65 bits per heavy atom. The molecule has 0 aliphatic rings. The number of hydrazone groups is 1. The van der Waals surface area contributed by atoms with Crippen molar-refractivity contribution >= 4 is 39.3 Å². The molecule has 3 aromatic carbocycles.